The number of aromatic nitrogens is 2. The number of rotatable bonds is 4. The van der Waals surface area contributed by atoms with E-state index in [0.717, 1.165) is 18.0 Å². The van der Waals surface area contributed by atoms with Crippen molar-refractivity contribution >= 4 is 16.6 Å². The second-order valence-corrected chi connectivity index (χ2v) is 8.08. The number of anilines is 1. The summed E-state index contributed by atoms with van der Waals surface area (Å²) in [4.78, 5) is 2.70. The van der Waals surface area contributed by atoms with Gasteiger partial charge in [0.1, 0.15) is 0 Å². The Hall–Kier alpha value is -2.33. The fraction of sp³-hybridized carbons (Fsp3) is 0.409. The van der Waals surface area contributed by atoms with E-state index < -0.39 is 0 Å². The molecule has 6 rings (SSSR count). The summed E-state index contributed by atoms with van der Waals surface area (Å²) in [5, 5.41) is 12.2. The van der Waals surface area contributed by atoms with E-state index in [9.17, 15) is 0 Å². The van der Waals surface area contributed by atoms with Crippen LogP contribution < -0.4 is 5.32 Å². The Labute approximate surface area is 154 Å². The third kappa shape index (κ3) is 2.99. The van der Waals surface area contributed by atoms with Crippen LogP contribution >= 0.6 is 0 Å². The number of nitrogens with one attached hydrogen (secondary N) is 2. The average molecular weight is 346 g/mol. The summed E-state index contributed by atoms with van der Waals surface area (Å²) in [6.07, 6.45) is 5.88. The standard InChI is InChI=1S/C22H26N4/c1-15-2-4-16(5-3-15)13-26-14-17-6-9-22(26)21(10-17)24-19-7-8-20-18(11-19)12-23-25-20/h2-5,7-8,11-12,17,21-22,24H,6,9-10,13-14H2,1H3,(H,23,25)/t17-,21-,22-/m1/s1. The zero-order chi connectivity index (χ0) is 17.5. The molecule has 3 fully saturated rings. The highest BCUT2D eigenvalue weighted by molar-refractivity contribution is 5.81. The van der Waals surface area contributed by atoms with Crippen LogP contribution in [-0.2, 0) is 6.54 Å². The molecule has 3 heterocycles. The molecule has 2 N–H and O–H groups in total. The van der Waals surface area contributed by atoms with Crippen LogP contribution in [0.5, 0.6) is 0 Å². The van der Waals surface area contributed by atoms with E-state index in [1.54, 1.807) is 0 Å². The van der Waals surface area contributed by atoms with Crippen LogP contribution in [0, 0.1) is 12.8 Å². The molecule has 0 unspecified atom stereocenters. The maximum atomic E-state index is 4.13. The van der Waals surface area contributed by atoms with Gasteiger partial charge in [-0.3, -0.25) is 10.00 Å². The molecule has 3 aromatic rings. The van der Waals surface area contributed by atoms with Gasteiger partial charge in [0.15, 0.2) is 0 Å². The van der Waals surface area contributed by atoms with Gasteiger partial charge in [-0.15, -0.1) is 0 Å². The molecule has 1 saturated carbocycles. The van der Waals surface area contributed by atoms with Gasteiger partial charge in [-0.1, -0.05) is 29.8 Å². The van der Waals surface area contributed by atoms with Crippen molar-refractivity contribution in [2.75, 3.05) is 11.9 Å². The van der Waals surface area contributed by atoms with Crippen molar-refractivity contribution < 1.29 is 0 Å². The fourth-order valence-corrected chi connectivity index (χ4v) is 4.82. The predicted molar refractivity (Wildman–Crippen MR) is 106 cm³/mol. The first-order valence-corrected chi connectivity index (χ1v) is 9.74. The summed E-state index contributed by atoms with van der Waals surface area (Å²) in [6.45, 7) is 4.47. The molecule has 2 saturated heterocycles. The van der Waals surface area contributed by atoms with Crippen LogP contribution in [0.25, 0.3) is 10.9 Å². The Bertz CT molecular complexity index is 898. The first-order chi connectivity index (χ1) is 12.7. The lowest BCUT2D eigenvalue weighted by Crippen LogP contribution is -2.57. The maximum Gasteiger partial charge on any atom is 0.0651 e. The highest BCUT2D eigenvalue weighted by Gasteiger charge is 2.40. The summed E-state index contributed by atoms with van der Waals surface area (Å²) in [5.74, 6) is 0.820. The van der Waals surface area contributed by atoms with Crippen molar-refractivity contribution in [2.45, 2.75) is 44.8 Å². The monoisotopic (exact) mass is 346 g/mol. The number of H-pyrrole nitrogens is 1. The minimum Gasteiger partial charge on any atom is -0.381 e. The molecule has 4 nitrogen and oxygen atoms in total. The summed E-state index contributed by atoms with van der Waals surface area (Å²) in [5.41, 5.74) is 5.08. The molecule has 0 amide bonds. The number of aryl methyl sites for hydroxylation is 1. The lowest BCUT2D eigenvalue weighted by atomic mass is 9.76. The van der Waals surface area contributed by atoms with Crippen LogP contribution in [0.3, 0.4) is 0 Å². The van der Waals surface area contributed by atoms with Gasteiger partial charge < -0.3 is 5.32 Å². The van der Waals surface area contributed by atoms with E-state index in [-0.39, 0.29) is 0 Å². The second-order valence-electron chi connectivity index (χ2n) is 8.08. The van der Waals surface area contributed by atoms with Crippen LogP contribution in [0.2, 0.25) is 0 Å². The van der Waals surface area contributed by atoms with E-state index in [1.807, 2.05) is 6.20 Å². The van der Waals surface area contributed by atoms with Gasteiger partial charge in [-0.05, 0) is 55.9 Å². The van der Waals surface area contributed by atoms with Crippen molar-refractivity contribution in [1.29, 1.82) is 0 Å². The fourth-order valence-electron chi connectivity index (χ4n) is 4.82. The maximum absolute atomic E-state index is 4.13. The number of hydrogen-bond donors (Lipinski definition) is 2. The smallest absolute Gasteiger partial charge is 0.0651 e. The molecule has 1 aliphatic carbocycles. The molecule has 2 aromatic carbocycles. The Morgan fingerprint density at radius 1 is 1.15 bits per heavy atom. The van der Waals surface area contributed by atoms with Crippen molar-refractivity contribution in [3.8, 4) is 0 Å². The molecule has 3 aliphatic rings. The number of piperidine rings is 2. The summed E-state index contributed by atoms with van der Waals surface area (Å²) in [7, 11) is 0. The zero-order valence-corrected chi connectivity index (χ0v) is 15.3. The van der Waals surface area contributed by atoms with Gasteiger partial charge in [-0.2, -0.15) is 5.10 Å². The van der Waals surface area contributed by atoms with E-state index >= 15 is 0 Å². The number of fused-ring (bicyclic) bond motifs is 4. The highest BCUT2D eigenvalue weighted by atomic mass is 15.2. The molecule has 0 radical (unpaired) electrons. The molecule has 0 spiro atoms. The van der Waals surface area contributed by atoms with Gasteiger partial charge in [0.05, 0.1) is 11.7 Å². The first-order valence-electron chi connectivity index (χ1n) is 9.74. The van der Waals surface area contributed by atoms with Gasteiger partial charge in [-0.25, -0.2) is 0 Å². The lowest BCUT2D eigenvalue weighted by Gasteiger charge is -2.50. The Morgan fingerprint density at radius 3 is 2.88 bits per heavy atom. The Balaban J connectivity index is 1.33. The van der Waals surface area contributed by atoms with E-state index in [0.29, 0.717) is 12.1 Å². The minimum absolute atomic E-state index is 0.539. The zero-order valence-electron chi connectivity index (χ0n) is 15.3. The van der Waals surface area contributed by atoms with Gasteiger partial charge >= 0.3 is 0 Å². The van der Waals surface area contributed by atoms with Crippen LogP contribution in [-0.4, -0.2) is 33.7 Å². The SMILES string of the molecule is Cc1ccc(CN2C[C@@H]3CC[C@@H]2[C@H](Nc2ccc4[nH]ncc4c2)C3)cc1. The third-order valence-corrected chi connectivity index (χ3v) is 6.18. The van der Waals surface area contributed by atoms with Crippen LogP contribution in [0.1, 0.15) is 30.4 Å². The number of nitrogens with zero attached hydrogens (tertiary/aromatic N) is 2. The molecule has 4 heteroatoms. The molecule has 134 valence electrons. The third-order valence-electron chi connectivity index (χ3n) is 6.18. The van der Waals surface area contributed by atoms with Crippen molar-refractivity contribution in [3.05, 3.63) is 59.8 Å². The van der Waals surface area contributed by atoms with Crippen LogP contribution in [0.15, 0.2) is 48.7 Å². The van der Waals surface area contributed by atoms with E-state index in [1.165, 1.54) is 48.0 Å². The lowest BCUT2D eigenvalue weighted by molar-refractivity contribution is 0.0323. The quantitative estimate of drug-likeness (QED) is 0.739. The summed E-state index contributed by atoms with van der Waals surface area (Å²) >= 11 is 0. The summed E-state index contributed by atoms with van der Waals surface area (Å²) in [6, 6.07) is 16.7. The minimum atomic E-state index is 0.539. The van der Waals surface area contributed by atoms with Gasteiger partial charge in [0, 0.05) is 36.2 Å². The highest BCUT2D eigenvalue weighted by Crippen LogP contribution is 2.37. The molecule has 3 atom stereocenters. The molecule has 2 bridgehead atoms. The molecule has 26 heavy (non-hydrogen) atoms. The Kier molecular flexibility index (Phi) is 3.93. The molecule has 2 aliphatic heterocycles. The number of aromatic amines is 1. The van der Waals surface area contributed by atoms with Crippen molar-refractivity contribution in [3.63, 3.8) is 0 Å². The molecule has 1 aromatic heterocycles. The number of benzene rings is 2. The number of hydrogen-bond acceptors (Lipinski definition) is 3. The van der Waals surface area contributed by atoms with Gasteiger partial charge in [0.2, 0.25) is 0 Å². The molecular weight excluding hydrogens is 320 g/mol. The molecular formula is C22H26N4. The van der Waals surface area contributed by atoms with E-state index in [2.05, 4.69) is 69.8 Å². The van der Waals surface area contributed by atoms with Crippen LogP contribution in [0.4, 0.5) is 5.69 Å². The Morgan fingerprint density at radius 2 is 2.04 bits per heavy atom. The topological polar surface area (TPSA) is 44.0 Å². The normalized spacial score (nSPS) is 25.7. The van der Waals surface area contributed by atoms with Crippen molar-refractivity contribution in [1.82, 2.24) is 15.1 Å². The van der Waals surface area contributed by atoms with E-state index in [4.69, 9.17) is 0 Å². The first kappa shape index (κ1) is 15.9. The summed E-state index contributed by atoms with van der Waals surface area (Å²) < 4.78 is 0. The predicted octanol–water partition coefficient (Wildman–Crippen LogP) is 4.34. The van der Waals surface area contributed by atoms with Crippen molar-refractivity contribution in [2.24, 2.45) is 5.92 Å². The second kappa shape index (κ2) is 6.44. The van der Waals surface area contributed by atoms with Gasteiger partial charge in [0.25, 0.3) is 0 Å². The average Bonchev–Trinajstić information content (AvgIpc) is 3.12. The largest absolute Gasteiger partial charge is 0.381 e.